The molecule has 32 heavy (non-hydrogen) atoms. The highest BCUT2D eigenvalue weighted by atomic mass is 32.1. The van der Waals surface area contributed by atoms with Gasteiger partial charge in [0.15, 0.2) is 6.61 Å². The van der Waals surface area contributed by atoms with Gasteiger partial charge in [0.05, 0.1) is 21.7 Å². The second-order valence-electron chi connectivity index (χ2n) is 10.4. The van der Waals surface area contributed by atoms with Crippen LogP contribution in [-0.2, 0) is 9.53 Å². The van der Waals surface area contributed by atoms with E-state index in [0.29, 0.717) is 5.56 Å². The molecule has 1 aromatic carbocycles. The first-order chi connectivity index (χ1) is 15.2. The van der Waals surface area contributed by atoms with Gasteiger partial charge in [-0.1, -0.05) is 45.0 Å². The molecule has 2 aromatic heterocycles. The lowest BCUT2D eigenvalue weighted by Crippen LogP contribution is -2.39. The average molecular weight is 449 g/mol. The Labute approximate surface area is 192 Å². The van der Waals surface area contributed by atoms with E-state index >= 15 is 0 Å². The second kappa shape index (κ2) is 7.69. The van der Waals surface area contributed by atoms with Crippen molar-refractivity contribution in [3.63, 3.8) is 0 Å². The highest BCUT2D eigenvalue weighted by Gasteiger charge is 2.50. The van der Waals surface area contributed by atoms with Gasteiger partial charge < -0.3 is 9.64 Å². The average Bonchev–Trinajstić information content (AvgIpc) is 3.36. The summed E-state index contributed by atoms with van der Waals surface area (Å²) >= 11 is 1.57. The zero-order valence-corrected chi connectivity index (χ0v) is 19.6. The number of thiophene rings is 1. The Bertz CT molecular complexity index is 1190. The van der Waals surface area contributed by atoms with Crippen molar-refractivity contribution in [3.8, 4) is 10.6 Å². The topological polar surface area (TPSA) is 59.5 Å². The molecule has 1 aliphatic heterocycles. The SMILES string of the molecule is CC1(C)CC2CC(C)(CN2C(=O)COC(=O)c2cc(-c3cccs3)nc3ccccc23)C1. The summed E-state index contributed by atoms with van der Waals surface area (Å²) < 4.78 is 5.56. The molecule has 2 bridgehead atoms. The Morgan fingerprint density at radius 3 is 2.75 bits per heavy atom. The van der Waals surface area contributed by atoms with Gasteiger partial charge in [0, 0.05) is 18.0 Å². The molecule has 2 atom stereocenters. The number of pyridine rings is 1. The first-order valence-electron chi connectivity index (χ1n) is 11.1. The lowest BCUT2D eigenvalue weighted by atomic mass is 9.65. The van der Waals surface area contributed by atoms with E-state index in [4.69, 9.17) is 9.72 Å². The zero-order valence-electron chi connectivity index (χ0n) is 18.8. The predicted octanol–water partition coefficient (Wildman–Crippen LogP) is 5.55. The maximum Gasteiger partial charge on any atom is 0.339 e. The molecule has 1 saturated carbocycles. The normalized spacial score (nSPS) is 24.0. The third-order valence-corrected chi connectivity index (χ3v) is 7.66. The number of fused-ring (bicyclic) bond motifs is 3. The van der Waals surface area contributed by atoms with Gasteiger partial charge in [0.25, 0.3) is 5.91 Å². The molecule has 5 rings (SSSR count). The second-order valence-corrected chi connectivity index (χ2v) is 11.3. The number of esters is 1. The van der Waals surface area contributed by atoms with Gasteiger partial charge in [-0.05, 0) is 53.7 Å². The van der Waals surface area contributed by atoms with Crippen molar-refractivity contribution in [2.45, 2.75) is 46.1 Å². The number of aromatic nitrogens is 1. The fraction of sp³-hybridized carbons (Fsp3) is 0.423. The van der Waals surface area contributed by atoms with Crippen LogP contribution < -0.4 is 0 Å². The van der Waals surface area contributed by atoms with E-state index in [9.17, 15) is 9.59 Å². The predicted molar refractivity (Wildman–Crippen MR) is 127 cm³/mol. The maximum atomic E-state index is 13.1. The number of carbonyl (C=O) groups excluding carboxylic acids is 2. The fourth-order valence-electron chi connectivity index (χ4n) is 5.93. The Morgan fingerprint density at radius 1 is 1.16 bits per heavy atom. The van der Waals surface area contributed by atoms with Crippen LogP contribution >= 0.6 is 11.3 Å². The summed E-state index contributed by atoms with van der Waals surface area (Å²) in [5.41, 5.74) is 2.31. The molecule has 5 nitrogen and oxygen atoms in total. The fourth-order valence-corrected chi connectivity index (χ4v) is 6.62. The van der Waals surface area contributed by atoms with Crippen LogP contribution in [0.25, 0.3) is 21.5 Å². The number of para-hydroxylation sites is 1. The minimum Gasteiger partial charge on any atom is -0.452 e. The van der Waals surface area contributed by atoms with Crippen LogP contribution in [0.4, 0.5) is 0 Å². The summed E-state index contributed by atoms with van der Waals surface area (Å²) in [7, 11) is 0. The summed E-state index contributed by atoms with van der Waals surface area (Å²) in [6.07, 6.45) is 3.16. The molecule has 0 spiro atoms. The van der Waals surface area contributed by atoms with Crippen molar-refractivity contribution in [2.75, 3.05) is 13.2 Å². The van der Waals surface area contributed by atoms with Crippen molar-refractivity contribution in [1.82, 2.24) is 9.88 Å². The quantitative estimate of drug-likeness (QED) is 0.491. The highest BCUT2D eigenvalue weighted by molar-refractivity contribution is 7.13. The molecular formula is C26H28N2O3S. The third-order valence-electron chi connectivity index (χ3n) is 6.77. The Kier molecular flexibility index (Phi) is 5.08. The maximum absolute atomic E-state index is 13.1. The number of nitrogens with zero attached hydrogens (tertiary/aromatic N) is 2. The highest BCUT2D eigenvalue weighted by Crippen LogP contribution is 2.52. The van der Waals surface area contributed by atoms with Crippen molar-refractivity contribution >= 4 is 34.1 Å². The third kappa shape index (κ3) is 3.92. The molecule has 2 fully saturated rings. The number of likely N-dealkylation sites (tertiary alicyclic amines) is 1. The molecule has 3 aromatic rings. The number of rotatable bonds is 4. The summed E-state index contributed by atoms with van der Waals surface area (Å²) in [5, 5.41) is 2.72. The van der Waals surface area contributed by atoms with Gasteiger partial charge in [-0.2, -0.15) is 0 Å². The standard InChI is InChI=1S/C26H28N2O3S/c1-25(2)12-17-13-26(3,15-25)16-28(17)23(29)14-31-24(30)19-11-21(22-9-6-10-32-22)27-20-8-5-4-7-18(19)20/h4-11,17H,12-16H2,1-3H3. The molecule has 1 saturated heterocycles. The van der Waals surface area contributed by atoms with Crippen LogP contribution in [0.3, 0.4) is 0 Å². The molecule has 2 unspecified atom stereocenters. The first-order valence-corrected chi connectivity index (χ1v) is 12.0. The lowest BCUT2D eigenvalue weighted by molar-refractivity contribution is -0.135. The molecule has 1 amide bonds. The van der Waals surface area contributed by atoms with Crippen LogP contribution in [-0.4, -0.2) is 41.0 Å². The zero-order chi connectivity index (χ0) is 22.5. The number of ether oxygens (including phenoxy) is 1. The van der Waals surface area contributed by atoms with E-state index in [0.717, 1.165) is 47.3 Å². The number of hydrogen-bond donors (Lipinski definition) is 0. The van der Waals surface area contributed by atoms with Crippen molar-refractivity contribution in [3.05, 3.63) is 53.4 Å². The first kappa shape index (κ1) is 21.1. The summed E-state index contributed by atoms with van der Waals surface area (Å²) in [4.78, 5) is 33.7. The van der Waals surface area contributed by atoms with Crippen LogP contribution in [0.15, 0.2) is 47.8 Å². The molecule has 6 heteroatoms. The van der Waals surface area contributed by atoms with Crippen molar-refractivity contribution < 1.29 is 14.3 Å². The minimum atomic E-state index is -0.483. The smallest absolute Gasteiger partial charge is 0.339 e. The number of hydrogen-bond acceptors (Lipinski definition) is 5. The van der Waals surface area contributed by atoms with Gasteiger partial charge in [-0.25, -0.2) is 9.78 Å². The van der Waals surface area contributed by atoms with Crippen molar-refractivity contribution in [1.29, 1.82) is 0 Å². The molecule has 2 aliphatic rings. The van der Waals surface area contributed by atoms with Crippen LogP contribution in [0.2, 0.25) is 0 Å². The van der Waals surface area contributed by atoms with E-state index in [-0.39, 0.29) is 29.4 Å². The lowest BCUT2D eigenvalue weighted by Gasteiger charge is -2.39. The van der Waals surface area contributed by atoms with Crippen LogP contribution in [0, 0.1) is 10.8 Å². The number of amides is 1. The van der Waals surface area contributed by atoms with Crippen LogP contribution in [0.1, 0.15) is 50.4 Å². The van der Waals surface area contributed by atoms with Gasteiger partial charge >= 0.3 is 5.97 Å². The van der Waals surface area contributed by atoms with Gasteiger partial charge in [0.1, 0.15) is 0 Å². The Balaban J connectivity index is 1.35. The van der Waals surface area contributed by atoms with E-state index in [1.54, 1.807) is 17.4 Å². The van der Waals surface area contributed by atoms with Gasteiger partial charge in [-0.3, -0.25) is 4.79 Å². The van der Waals surface area contributed by atoms with Gasteiger partial charge in [0.2, 0.25) is 0 Å². The molecule has 3 heterocycles. The monoisotopic (exact) mass is 448 g/mol. The minimum absolute atomic E-state index is 0.0957. The van der Waals surface area contributed by atoms with E-state index in [1.165, 1.54) is 0 Å². The van der Waals surface area contributed by atoms with Crippen LogP contribution in [0.5, 0.6) is 0 Å². The summed E-state index contributed by atoms with van der Waals surface area (Å²) in [6.45, 7) is 7.36. The molecule has 0 radical (unpaired) electrons. The Morgan fingerprint density at radius 2 is 1.97 bits per heavy atom. The van der Waals surface area contributed by atoms with E-state index in [2.05, 4.69) is 20.8 Å². The van der Waals surface area contributed by atoms with E-state index in [1.807, 2.05) is 46.7 Å². The Hall–Kier alpha value is -2.73. The number of carbonyl (C=O) groups is 2. The largest absolute Gasteiger partial charge is 0.452 e. The van der Waals surface area contributed by atoms with E-state index < -0.39 is 5.97 Å². The van der Waals surface area contributed by atoms with Gasteiger partial charge in [-0.15, -0.1) is 11.3 Å². The van der Waals surface area contributed by atoms with Crippen molar-refractivity contribution in [2.24, 2.45) is 10.8 Å². The molecular weight excluding hydrogens is 420 g/mol. The number of benzene rings is 1. The summed E-state index contributed by atoms with van der Waals surface area (Å²) in [5.74, 6) is -0.579. The summed E-state index contributed by atoms with van der Waals surface area (Å²) in [6, 6.07) is 13.5. The molecule has 166 valence electrons. The molecule has 1 aliphatic carbocycles. The molecule has 0 N–H and O–H groups in total.